The summed E-state index contributed by atoms with van der Waals surface area (Å²) in [6.45, 7) is 2.19. The molecule has 0 aliphatic heterocycles. The van der Waals surface area contributed by atoms with Crippen LogP contribution in [0, 0.1) is 17.8 Å². The van der Waals surface area contributed by atoms with Crippen LogP contribution in [-0.2, 0) is 7.05 Å². The van der Waals surface area contributed by atoms with E-state index in [-0.39, 0.29) is 10.6 Å². The Balaban J connectivity index is 1.75. The van der Waals surface area contributed by atoms with E-state index in [1.165, 1.54) is 30.4 Å². The van der Waals surface area contributed by atoms with Crippen LogP contribution in [0.1, 0.15) is 32.6 Å². The number of anilines is 1. The molecular formula is C14H20ClN3O. The third kappa shape index (κ3) is 2.27. The number of hydrogen-bond acceptors (Lipinski definition) is 3. The second-order valence-electron chi connectivity index (χ2n) is 6.07. The van der Waals surface area contributed by atoms with Crippen LogP contribution in [0.5, 0.6) is 0 Å². The van der Waals surface area contributed by atoms with E-state index in [4.69, 9.17) is 11.6 Å². The molecule has 104 valence electrons. The van der Waals surface area contributed by atoms with Crippen LogP contribution in [0.25, 0.3) is 0 Å². The maximum absolute atomic E-state index is 11.7. The predicted octanol–water partition coefficient (Wildman–Crippen LogP) is 2.67. The van der Waals surface area contributed by atoms with Crippen LogP contribution in [0.2, 0.25) is 5.02 Å². The molecule has 2 aliphatic carbocycles. The Hall–Kier alpha value is -1.03. The summed E-state index contributed by atoms with van der Waals surface area (Å²) in [5, 5.41) is 7.66. The van der Waals surface area contributed by atoms with E-state index in [1.54, 1.807) is 13.2 Å². The van der Waals surface area contributed by atoms with Crippen molar-refractivity contribution in [1.82, 2.24) is 9.78 Å². The monoisotopic (exact) mass is 281 g/mol. The number of nitrogens with one attached hydrogen (secondary N) is 1. The van der Waals surface area contributed by atoms with E-state index in [9.17, 15) is 4.79 Å². The molecular weight excluding hydrogens is 262 g/mol. The van der Waals surface area contributed by atoms with Crippen LogP contribution in [0.4, 0.5) is 5.69 Å². The Labute approximate surface area is 118 Å². The van der Waals surface area contributed by atoms with E-state index in [2.05, 4.69) is 17.3 Å². The van der Waals surface area contributed by atoms with Gasteiger partial charge in [-0.1, -0.05) is 18.0 Å². The van der Waals surface area contributed by atoms with Crippen molar-refractivity contribution in [3.63, 3.8) is 0 Å². The van der Waals surface area contributed by atoms with Gasteiger partial charge in [-0.2, -0.15) is 5.10 Å². The molecule has 1 N–H and O–H groups in total. The third-order valence-corrected chi connectivity index (χ3v) is 5.26. The van der Waals surface area contributed by atoms with Crippen molar-refractivity contribution in [2.45, 2.75) is 38.6 Å². The summed E-state index contributed by atoms with van der Waals surface area (Å²) in [6, 6.07) is 0.349. The lowest BCUT2D eigenvalue weighted by Gasteiger charge is -2.29. The molecule has 0 spiro atoms. The zero-order chi connectivity index (χ0) is 13.6. The fraction of sp³-hybridized carbons (Fsp3) is 0.714. The summed E-state index contributed by atoms with van der Waals surface area (Å²) in [7, 11) is 1.61. The van der Waals surface area contributed by atoms with Crippen molar-refractivity contribution in [3.05, 3.63) is 21.6 Å². The van der Waals surface area contributed by atoms with Crippen LogP contribution in [-0.4, -0.2) is 15.8 Å². The molecule has 2 fully saturated rings. The van der Waals surface area contributed by atoms with E-state index in [0.717, 1.165) is 11.8 Å². The van der Waals surface area contributed by atoms with Gasteiger partial charge >= 0.3 is 0 Å². The smallest absolute Gasteiger partial charge is 0.287 e. The number of aromatic nitrogens is 2. The molecule has 1 aromatic heterocycles. The topological polar surface area (TPSA) is 46.9 Å². The van der Waals surface area contributed by atoms with E-state index in [0.29, 0.717) is 17.6 Å². The maximum Gasteiger partial charge on any atom is 0.287 e. The Kier molecular flexibility index (Phi) is 3.29. The molecule has 0 aromatic carbocycles. The Morgan fingerprint density at radius 3 is 2.89 bits per heavy atom. The Bertz CT molecular complexity index is 542. The number of nitrogens with zero attached hydrogens (tertiary/aromatic N) is 2. The molecule has 2 aliphatic rings. The molecule has 0 amide bonds. The van der Waals surface area contributed by atoms with Gasteiger partial charge in [0.2, 0.25) is 0 Å². The summed E-state index contributed by atoms with van der Waals surface area (Å²) in [6.07, 6.45) is 7.12. The molecule has 1 heterocycles. The van der Waals surface area contributed by atoms with Gasteiger partial charge in [0.05, 0.1) is 11.9 Å². The summed E-state index contributed by atoms with van der Waals surface area (Å²) in [4.78, 5) is 11.7. The predicted molar refractivity (Wildman–Crippen MR) is 76.5 cm³/mol. The number of fused-ring (bicyclic) bond motifs is 2. The number of rotatable bonds is 3. The highest BCUT2D eigenvalue weighted by molar-refractivity contribution is 6.32. The van der Waals surface area contributed by atoms with Crippen LogP contribution in [0.3, 0.4) is 0 Å². The molecule has 0 saturated heterocycles. The molecule has 2 saturated carbocycles. The number of halogens is 1. The third-order valence-electron chi connectivity index (χ3n) is 4.90. The minimum Gasteiger partial charge on any atom is -0.380 e. The molecule has 19 heavy (non-hydrogen) atoms. The number of aryl methyl sites for hydroxylation is 1. The van der Waals surface area contributed by atoms with Crippen molar-refractivity contribution in [1.29, 1.82) is 0 Å². The van der Waals surface area contributed by atoms with Crippen LogP contribution >= 0.6 is 11.6 Å². The van der Waals surface area contributed by atoms with Crippen molar-refractivity contribution in [2.75, 3.05) is 5.32 Å². The highest BCUT2D eigenvalue weighted by atomic mass is 35.5. The van der Waals surface area contributed by atoms with E-state index >= 15 is 0 Å². The lowest BCUT2D eigenvalue weighted by Crippen LogP contribution is -2.31. The van der Waals surface area contributed by atoms with Gasteiger partial charge in [0.25, 0.3) is 5.56 Å². The average molecular weight is 282 g/mol. The van der Waals surface area contributed by atoms with Crippen molar-refractivity contribution >= 4 is 17.3 Å². The van der Waals surface area contributed by atoms with Crippen molar-refractivity contribution < 1.29 is 0 Å². The first-order valence-corrected chi connectivity index (χ1v) is 7.42. The summed E-state index contributed by atoms with van der Waals surface area (Å²) < 4.78 is 1.26. The lowest BCUT2D eigenvalue weighted by atomic mass is 9.84. The fourth-order valence-electron chi connectivity index (χ4n) is 3.87. The van der Waals surface area contributed by atoms with Gasteiger partial charge < -0.3 is 5.32 Å². The molecule has 3 rings (SSSR count). The highest BCUT2D eigenvalue weighted by Crippen LogP contribution is 2.49. The first-order chi connectivity index (χ1) is 9.06. The Morgan fingerprint density at radius 1 is 1.47 bits per heavy atom. The summed E-state index contributed by atoms with van der Waals surface area (Å²) in [5.74, 6) is 2.49. The minimum absolute atomic E-state index is 0.243. The van der Waals surface area contributed by atoms with Gasteiger partial charge in [-0.05, 0) is 43.9 Å². The molecule has 2 bridgehead atoms. The molecule has 4 nitrogen and oxygen atoms in total. The molecule has 5 heteroatoms. The zero-order valence-corrected chi connectivity index (χ0v) is 12.2. The van der Waals surface area contributed by atoms with Crippen molar-refractivity contribution in [3.8, 4) is 0 Å². The molecule has 4 atom stereocenters. The standard InChI is InChI=1S/C14H20ClN3O/c1-8(11-6-9-3-4-10(11)5-9)17-12-7-16-18(2)14(19)13(12)15/h7-11,17H,3-6H2,1-2H3. The van der Waals surface area contributed by atoms with Gasteiger partial charge in [-0.25, -0.2) is 4.68 Å². The average Bonchev–Trinajstić information content (AvgIpc) is 3.02. The first-order valence-electron chi connectivity index (χ1n) is 7.04. The largest absolute Gasteiger partial charge is 0.380 e. The van der Waals surface area contributed by atoms with Gasteiger partial charge in [-0.15, -0.1) is 0 Å². The van der Waals surface area contributed by atoms with Crippen LogP contribution in [0.15, 0.2) is 11.0 Å². The fourth-order valence-corrected chi connectivity index (χ4v) is 4.10. The second kappa shape index (κ2) is 4.82. The van der Waals surface area contributed by atoms with Crippen molar-refractivity contribution in [2.24, 2.45) is 24.8 Å². The van der Waals surface area contributed by atoms with E-state index < -0.39 is 0 Å². The zero-order valence-electron chi connectivity index (χ0n) is 11.4. The lowest BCUT2D eigenvalue weighted by molar-refractivity contribution is 0.304. The Morgan fingerprint density at radius 2 is 2.26 bits per heavy atom. The highest BCUT2D eigenvalue weighted by Gasteiger charge is 2.41. The number of hydrogen-bond donors (Lipinski definition) is 1. The quantitative estimate of drug-likeness (QED) is 0.927. The van der Waals surface area contributed by atoms with Gasteiger partial charge in [0, 0.05) is 13.1 Å². The maximum atomic E-state index is 11.7. The SMILES string of the molecule is CC(Nc1cnn(C)c(=O)c1Cl)C1CC2CCC1C2. The van der Waals surface area contributed by atoms with Crippen LogP contribution < -0.4 is 10.9 Å². The second-order valence-corrected chi connectivity index (χ2v) is 6.45. The normalized spacial score (nSPS) is 30.6. The van der Waals surface area contributed by atoms with E-state index in [1.807, 2.05) is 0 Å². The molecule has 4 unspecified atom stereocenters. The first kappa shape index (κ1) is 13.0. The molecule has 0 radical (unpaired) electrons. The van der Waals surface area contributed by atoms with Gasteiger partial charge in [-0.3, -0.25) is 4.79 Å². The molecule has 1 aromatic rings. The minimum atomic E-state index is -0.244. The van der Waals surface area contributed by atoms with Gasteiger partial charge in [0.15, 0.2) is 0 Å². The summed E-state index contributed by atoms with van der Waals surface area (Å²) >= 11 is 6.09. The van der Waals surface area contributed by atoms with Gasteiger partial charge in [0.1, 0.15) is 5.02 Å². The summed E-state index contributed by atoms with van der Waals surface area (Å²) in [5.41, 5.74) is 0.423.